The van der Waals surface area contributed by atoms with E-state index >= 15 is 0 Å². The summed E-state index contributed by atoms with van der Waals surface area (Å²) in [5.41, 5.74) is 2.19. The molecule has 2 unspecified atom stereocenters. The van der Waals surface area contributed by atoms with Crippen LogP contribution >= 0.6 is 0 Å². The summed E-state index contributed by atoms with van der Waals surface area (Å²) in [6, 6.07) is 28.9. The third kappa shape index (κ3) is 10.3. The molecule has 0 spiro atoms. The summed E-state index contributed by atoms with van der Waals surface area (Å²) < 4.78 is 32.2. The monoisotopic (exact) mass is 976 g/mol. The second kappa shape index (κ2) is 20.5. The Labute approximate surface area is 411 Å². The van der Waals surface area contributed by atoms with Crippen LogP contribution in [0.4, 0.5) is 0 Å². The summed E-state index contributed by atoms with van der Waals surface area (Å²) >= 11 is 0. The quantitative estimate of drug-likeness (QED) is 0.117. The van der Waals surface area contributed by atoms with Crippen LogP contribution in [0.5, 0.6) is 0 Å². The van der Waals surface area contributed by atoms with Crippen molar-refractivity contribution in [3.05, 3.63) is 144 Å². The zero-order chi connectivity index (χ0) is 49.9. The summed E-state index contributed by atoms with van der Waals surface area (Å²) in [6.45, 7) is 7.06. The summed E-state index contributed by atoms with van der Waals surface area (Å²) in [5, 5.41) is 18.2. The van der Waals surface area contributed by atoms with Crippen LogP contribution in [0.1, 0.15) is 77.1 Å². The van der Waals surface area contributed by atoms with Gasteiger partial charge in [-0.15, -0.1) is 0 Å². The number of nitrogens with one attached hydrogen (secondary N) is 2. The number of aliphatic hydroxyl groups excluding tert-OH is 1. The van der Waals surface area contributed by atoms with Crippen molar-refractivity contribution >= 4 is 30.5 Å². The molecule has 0 saturated carbocycles. The zero-order valence-corrected chi connectivity index (χ0v) is 41.7. The van der Waals surface area contributed by atoms with E-state index in [0.717, 1.165) is 10.4 Å². The van der Waals surface area contributed by atoms with Crippen LogP contribution in [0.15, 0.2) is 127 Å². The lowest BCUT2D eigenvalue weighted by atomic mass is 10.2. The molecule has 6 aromatic heterocycles. The SMILES string of the molecule is CN(C)CCc1oc2nc1C(=O)NC(CO[Si](c1ccccc1)(c1ccccc1)C(C)(C)C)c1nc(co1)-c1cccc(n1)-c1nc(c(CCN(C)C)o1)C(=O)NC(CO)c1nc(co1)-c1cccc-2n1. The second-order valence-electron chi connectivity index (χ2n) is 18.9. The molecule has 7 heterocycles. The van der Waals surface area contributed by atoms with Crippen molar-refractivity contribution in [2.75, 3.05) is 54.5 Å². The van der Waals surface area contributed by atoms with Crippen molar-refractivity contribution in [3.8, 4) is 45.9 Å². The minimum Gasteiger partial charge on any atom is -0.446 e. The smallest absolute Gasteiger partial charge is 0.274 e. The largest absolute Gasteiger partial charge is 0.446 e. The number of benzene rings is 2. The maximum absolute atomic E-state index is 14.9. The number of amides is 2. The Bertz CT molecular complexity index is 3080. The number of hydrogen-bond donors (Lipinski definition) is 3. The molecule has 71 heavy (non-hydrogen) atoms. The second-order valence-corrected chi connectivity index (χ2v) is 23.2. The molecule has 2 atom stereocenters. The van der Waals surface area contributed by atoms with Gasteiger partial charge in [-0.25, -0.2) is 29.9 Å². The molecule has 2 amide bonds. The summed E-state index contributed by atoms with van der Waals surface area (Å²) in [5.74, 6) is -0.109. The van der Waals surface area contributed by atoms with Crippen molar-refractivity contribution in [2.45, 2.75) is 50.7 Å². The molecule has 0 fully saturated rings. The van der Waals surface area contributed by atoms with Crippen LogP contribution in [-0.4, -0.2) is 119 Å². The fourth-order valence-electron chi connectivity index (χ4n) is 8.57. The molecule has 366 valence electrons. The van der Waals surface area contributed by atoms with Gasteiger partial charge in [0, 0.05) is 25.9 Å². The van der Waals surface area contributed by atoms with Gasteiger partial charge in [0.05, 0.1) is 24.6 Å². The molecule has 3 N–H and O–H groups in total. The molecule has 0 saturated heterocycles. The van der Waals surface area contributed by atoms with Crippen molar-refractivity contribution < 1.29 is 36.8 Å². The molecule has 18 nitrogen and oxygen atoms in total. The van der Waals surface area contributed by atoms with E-state index in [-0.39, 0.29) is 41.6 Å². The Morgan fingerprint density at radius 2 is 1.01 bits per heavy atom. The highest BCUT2D eigenvalue weighted by molar-refractivity contribution is 6.99. The molecule has 19 heteroatoms. The molecule has 2 aromatic carbocycles. The van der Waals surface area contributed by atoms with Gasteiger partial charge in [-0.05, 0) is 67.9 Å². The number of aliphatic hydroxyl groups is 1. The van der Waals surface area contributed by atoms with Crippen LogP contribution in [-0.2, 0) is 17.3 Å². The van der Waals surface area contributed by atoms with E-state index in [0.29, 0.717) is 71.6 Å². The topological polar surface area (TPSA) is 224 Å². The number of nitrogens with zero attached hydrogens (tertiary/aromatic N) is 8. The van der Waals surface area contributed by atoms with Crippen LogP contribution in [0, 0.1) is 0 Å². The molecule has 1 aliphatic rings. The van der Waals surface area contributed by atoms with Crippen molar-refractivity contribution in [1.82, 2.24) is 50.3 Å². The first-order chi connectivity index (χ1) is 34.2. The predicted molar refractivity (Wildman–Crippen MR) is 266 cm³/mol. The number of oxazole rings is 4. The number of rotatable bonds is 12. The Hall–Kier alpha value is -7.42. The van der Waals surface area contributed by atoms with Gasteiger partial charge in [0.2, 0.25) is 23.6 Å². The van der Waals surface area contributed by atoms with Gasteiger partial charge in [0.15, 0.2) is 11.4 Å². The molecular weight excluding hydrogens is 921 g/mol. The lowest BCUT2D eigenvalue weighted by Gasteiger charge is -2.43. The third-order valence-electron chi connectivity index (χ3n) is 12.2. The van der Waals surface area contributed by atoms with E-state index in [1.165, 1.54) is 12.5 Å². The van der Waals surface area contributed by atoms with E-state index in [9.17, 15) is 14.7 Å². The number of carbonyl (C=O) groups is 2. The van der Waals surface area contributed by atoms with E-state index < -0.39 is 43.9 Å². The van der Waals surface area contributed by atoms with E-state index in [4.69, 9.17) is 42.0 Å². The van der Waals surface area contributed by atoms with Gasteiger partial charge in [-0.2, -0.15) is 0 Å². The molecule has 0 aliphatic carbocycles. The Morgan fingerprint density at radius 3 is 1.45 bits per heavy atom. The number of fused-ring (bicyclic) bond motifs is 16. The Morgan fingerprint density at radius 1 is 0.577 bits per heavy atom. The molecule has 0 radical (unpaired) electrons. The Kier molecular flexibility index (Phi) is 14.0. The number of carbonyl (C=O) groups excluding carboxylic acids is 2. The first kappa shape index (κ1) is 48.6. The maximum atomic E-state index is 14.9. The third-order valence-corrected chi connectivity index (χ3v) is 17.2. The highest BCUT2D eigenvalue weighted by Gasteiger charge is 2.51. The summed E-state index contributed by atoms with van der Waals surface area (Å²) in [4.78, 5) is 61.6. The van der Waals surface area contributed by atoms with Crippen LogP contribution in [0.25, 0.3) is 45.9 Å². The molecule has 12 bridgehead atoms. The lowest BCUT2D eigenvalue weighted by Crippen LogP contribution is -2.67. The van der Waals surface area contributed by atoms with E-state index in [2.05, 4.69) is 65.6 Å². The van der Waals surface area contributed by atoms with Crippen LogP contribution < -0.4 is 21.0 Å². The first-order valence-electron chi connectivity index (χ1n) is 23.3. The van der Waals surface area contributed by atoms with Crippen molar-refractivity contribution in [2.24, 2.45) is 0 Å². The average molecular weight is 977 g/mol. The normalized spacial score (nSPS) is 15.4. The lowest BCUT2D eigenvalue weighted by molar-refractivity contribution is 0.0893. The minimum atomic E-state index is -3.16. The van der Waals surface area contributed by atoms with Gasteiger partial charge >= 0.3 is 0 Å². The Balaban J connectivity index is 1.18. The zero-order valence-electron chi connectivity index (χ0n) is 40.7. The number of hydrogen-bond acceptors (Lipinski definition) is 16. The van der Waals surface area contributed by atoms with Crippen molar-refractivity contribution in [3.63, 3.8) is 0 Å². The average Bonchev–Trinajstić information content (AvgIpc) is 4.21. The fourth-order valence-corrected chi connectivity index (χ4v) is 13.1. The van der Waals surface area contributed by atoms with E-state index in [1.54, 1.807) is 36.4 Å². The van der Waals surface area contributed by atoms with Gasteiger partial charge < -0.3 is 47.6 Å². The highest BCUT2D eigenvalue weighted by atomic mass is 28.4. The molecule has 9 rings (SSSR count). The van der Waals surface area contributed by atoms with Gasteiger partial charge in [0.25, 0.3) is 20.1 Å². The predicted octanol–water partition coefficient (Wildman–Crippen LogP) is 6.13. The maximum Gasteiger partial charge on any atom is 0.274 e. The van der Waals surface area contributed by atoms with Crippen LogP contribution in [0.3, 0.4) is 0 Å². The van der Waals surface area contributed by atoms with Gasteiger partial charge in [-0.1, -0.05) is 93.6 Å². The fraction of sp³-hybridized carbons (Fsp3) is 0.308. The first-order valence-corrected chi connectivity index (χ1v) is 25.2. The molecule has 8 aromatic rings. The number of likely N-dealkylation sites (N-methyl/N-ethyl adjacent to an activating group) is 2. The van der Waals surface area contributed by atoms with Gasteiger partial charge in [-0.3, -0.25) is 9.59 Å². The number of pyridine rings is 2. The molecule has 1 aliphatic heterocycles. The van der Waals surface area contributed by atoms with Crippen molar-refractivity contribution in [1.29, 1.82) is 0 Å². The molecular formula is C52H56N10O8Si. The van der Waals surface area contributed by atoms with Crippen LogP contribution in [0.2, 0.25) is 5.04 Å². The number of aromatic nitrogens is 6. The summed E-state index contributed by atoms with van der Waals surface area (Å²) in [7, 11) is 4.52. The van der Waals surface area contributed by atoms with Gasteiger partial charge in [0.1, 0.15) is 58.9 Å². The summed E-state index contributed by atoms with van der Waals surface area (Å²) in [6.07, 6.45) is 3.55. The minimum absolute atomic E-state index is 0.0153. The van der Waals surface area contributed by atoms with E-state index in [1.807, 2.05) is 74.4 Å². The standard InChI is InChI=1S/C52H56N10O8Si/c1-52(2,3)71(32-16-10-8-11-17-32,33-18-12-9-13-19-33)68-31-41-49-58-40(30-67-49)35-21-15-23-36(54-35)50-59-44(42(69-50)24-26-61(4)5)46(64)55-38(28-63)48-57-39(29-66-48)34-20-14-22-37(53-34)51-60-45(47(65)56-41)43(70-51)25-27-62(6)7/h8-23,29-30,38,41,63H,24-28,31H2,1-7H3,(H,55,64)(H,56,65). The highest BCUT2D eigenvalue weighted by Crippen LogP contribution is 2.38.